The molecule has 2 aliphatic heterocycles. The Morgan fingerprint density at radius 1 is 0.915 bits per heavy atom. The highest BCUT2D eigenvalue weighted by Gasteiger charge is 2.23. The van der Waals surface area contributed by atoms with Crippen molar-refractivity contribution >= 4 is 40.7 Å². The van der Waals surface area contributed by atoms with Crippen LogP contribution in [0.5, 0.6) is 0 Å². The molecule has 0 atom stereocenters. The van der Waals surface area contributed by atoms with Gasteiger partial charge in [-0.3, -0.25) is 9.59 Å². The number of nitriles is 1. The zero-order valence-electron chi connectivity index (χ0n) is 27.3. The molecule has 2 aliphatic rings. The zero-order chi connectivity index (χ0) is 33.9. The molecule has 0 spiro atoms. The monoisotopic (exact) mass is 637 g/mol. The SMILES string of the molecule is C=CC(=O)Nc1cc(C(=O)NC2CCN(C)CC2)ccc1N/C(C)=N/C=C(/C)C(=C)N1CCN(C(=O)Nc2ccc(C#N)cc2)CC1. The molecule has 12 heteroatoms. The van der Waals surface area contributed by atoms with Crippen LogP contribution in [0.3, 0.4) is 0 Å². The van der Waals surface area contributed by atoms with Gasteiger partial charge in [-0.25, -0.2) is 9.79 Å². The van der Waals surface area contributed by atoms with Gasteiger partial charge in [0.15, 0.2) is 0 Å². The van der Waals surface area contributed by atoms with E-state index in [4.69, 9.17) is 5.26 Å². The predicted octanol–water partition coefficient (Wildman–Crippen LogP) is 4.60. The summed E-state index contributed by atoms with van der Waals surface area (Å²) in [4.78, 5) is 48.6. The molecule has 0 saturated carbocycles. The van der Waals surface area contributed by atoms with E-state index in [1.807, 2.05) is 6.92 Å². The number of piperidine rings is 1. The molecule has 4 amide bonds. The summed E-state index contributed by atoms with van der Waals surface area (Å²) in [5.41, 5.74) is 4.32. The van der Waals surface area contributed by atoms with Crippen molar-refractivity contribution in [1.29, 1.82) is 5.26 Å². The number of carbonyl (C=O) groups is 3. The molecule has 0 radical (unpaired) electrons. The quantitative estimate of drug-likeness (QED) is 0.136. The van der Waals surface area contributed by atoms with Gasteiger partial charge < -0.3 is 36.0 Å². The summed E-state index contributed by atoms with van der Waals surface area (Å²) in [6.45, 7) is 15.7. The molecule has 2 aromatic rings. The molecular formula is C35H43N9O3. The molecule has 0 aromatic heterocycles. The van der Waals surface area contributed by atoms with E-state index in [1.54, 1.807) is 60.5 Å². The Hall–Kier alpha value is -5.41. The molecule has 4 N–H and O–H groups in total. The van der Waals surface area contributed by atoms with Gasteiger partial charge in [0, 0.05) is 55.4 Å². The third-order valence-electron chi connectivity index (χ3n) is 8.22. The lowest BCUT2D eigenvalue weighted by Crippen LogP contribution is -2.49. The normalized spacial score (nSPS) is 16.1. The molecule has 47 heavy (non-hydrogen) atoms. The summed E-state index contributed by atoms with van der Waals surface area (Å²) in [5, 5.41) is 20.9. The first-order valence-electron chi connectivity index (χ1n) is 15.6. The van der Waals surface area contributed by atoms with Crippen molar-refractivity contribution < 1.29 is 14.4 Å². The van der Waals surface area contributed by atoms with Crippen LogP contribution in [0.15, 0.2) is 84.2 Å². The van der Waals surface area contributed by atoms with Gasteiger partial charge in [-0.15, -0.1) is 0 Å². The average molecular weight is 638 g/mol. The van der Waals surface area contributed by atoms with Crippen LogP contribution in [0.1, 0.15) is 42.6 Å². The number of benzene rings is 2. The molecule has 2 fully saturated rings. The smallest absolute Gasteiger partial charge is 0.321 e. The van der Waals surface area contributed by atoms with Crippen LogP contribution in [0.25, 0.3) is 0 Å². The Bertz CT molecular complexity index is 1590. The maximum Gasteiger partial charge on any atom is 0.321 e. The summed E-state index contributed by atoms with van der Waals surface area (Å²) in [6, 6.07) is 13.9. The molecule has 0 aliphatic carbocycles. The minimum absolute atomic E-state index is 0.116. The third-order valence-corrected chi connectivity index (χ3v) is 8.22. The number of anilines is 3. The van der Waals surface area contributed by atoms with Gasteiger partial charge in [0.2, 0.25) is 5.91 Å². The largest absolute Gasteiger partial charge is 0.368 e. The van der Waals surface area contributed by atoms with Crippen molar-refractivity contribution in [2.24, 2.45) is 4.99 Å². The van der Waals surface area contributed by atoms with Crippen LogP contribution in [-0.4, -0.2) is 90.7 Å². The highest BCUT2D eigenvalue weighted by atomic mass is 16.2. The summed E-state index contributed by atoms with van der Waals surface area (Å²) in [7, 11) is 2.07. The fourth-order valence-corrected chi connectivity index (χ4v) is 5.26. The molecule has 246 valence electrons. The first-order chi connectivity index (χ1) is 22.6. The van der Waals surface area contributed by atoms with Gasteiger partial charge in [-0.05, 0) is 101 Å². The number of aliphatic imine (C=N–C) groups is 1. The molecule has 0 bridgehead atoms. The molecule has 2 saturated heterocycles. The number of hydrogen-bond donors (Lipinski definition) is 4. The topological polar surface area (TPSA) is 145 Å². The van der Waals surface area contributed by atoms with E-state index in [2.05, 4.69) is 62.3 Å². The first kappa shape index (κ1) is 34.5. The van der Waals surface area contributed by atoms with Crippen molar-refractivity contribution in [3.8, 4) is 6.07 Å². The second-order valence-corrected chi connectivity index (χ2v) is 11.7. The van der Waals surface area contributed by atoms with Crippen LogP contribution < -0.4 is 21.3 Å². The van der Waals surface area contributed by atoms with Crippen molar-refractivity contribution in [1.82, 2.24) is 20.0 Å². The fourth-order valence-electron chi connectivity index (χ4n) is 5.26. The number of rotatable bonds is 9. The van der Waals surface area contributed by atoms with Crippen molar-refractivity contribution in [2.75, 3.05) is 62.3 Å². The highest BCUT2D eigenvalue weighted by molar-refractivity contribution is 6.06. The number of nitrogens with one attached hydrogen (secondary N) is 4. The summed E-state index contributed by atoms with van der Waals surface area (Å²) in [5.74, 6) is -0.0103. The van der Waals surface area contributed by atoms with Crippen molar-refractivity contribution in [2.45, 2.75) is 32.7 Å². The third kappa shape index (κ3) is 9.79. The van der Waals surface area contributed by atoms with E-state index in [-0.39, 0.29) is 18.0 Å². The molecule has 0 unspecified atom stereocenters. The highest BCUT2D eigenvalue weighted by Crippen LogP contribution is 2.25. The molecular weight excluding hydrogens is 594 g/mol. The minimum atomic E-state index is -0.394. The van der Waals surface area contributed by atoms with Crippen molar-refractivity contribution in [3.05, 3.63) is 90.3 Å². The lowest BCUT2D eigenvalue weighted by molar-refractivity contribution is -0.111. The Morgan fingerprint density at radius 3 is 2.21 bits per heavy atom. The minimum Gasteiger partial charge on any atom is -0.368 e. The van der Waals surface area contributed by atoms with E-state index in [0.29, 0.717) is 60.2 Å². The van der Waals surface area contributed by atoms with Gasteiger partial charge in [0.25, 0.3) is 5.91 Å². The first-order valence-corrected chi connectivity index (χ1v) is 15.6. The second kappa shape index (κ2) is 16.2. The Morgan fingerprint density at radius 2 is 1.57 bits per heavy atom. The Kier molecular flexibility index (Phi) is 11.9. The Labute approximate surface area is 276 Å². The molecule has 2 heterocycles. The van der Waals surface area contributed by atoms with Gasteiger partial charge in [-0.2, -0.15) is 5.26 Å². The molecule has 12 nitrogen and oxygen atoms in total. The number of hydrogen-bond acceptors (Lipinski definition) is 7. The van der Waals surface area contributed by atoms with E-state index in [1.165, 1.54) is 6.08 Å². The van der Waals surface area contributed by atoms with E-state index in [0.717, 1.165) is 37.2 Å². The Balaban J connectivity index is 1.34. The van der Waals surface area contributed by atoms with E-state index >= 15 is 0 Å². The number of urea groups is 1. The van der Waals surface area contributed by atoms with Gasteiger partial charge >= 0.3 is 6.03 Å². The number of allylic oxidation sites excluding steroid dienone is 1. The average Bonchev–Trinajstić information content (AvgIpc) is 3.08. The van der Waals surface area contributed by atoms with Crippen LogP contribution in [-0.2, 0) is 4.79 Å². The van der Waals surface area contributed by atoms with Crippen LogP contribution >= 0.6 is 0 Å². The summed E-state index contributed by atoms with van der Waals surface area (Å²) < 4.78 is 0. The molecule has 2 aromatic carbocycles. The number of nitrogens with zero attached hydrogens (tertiary/aromatic N) is 5. The number of amides is 4. The summed E-state index contributed by atoms with van der Waals surface area (Å²) >= 11 is 0. The second-order valence-electron chi connectivity index (χ2n) is 11.7. The number of piperazine rings is 1. The van der Waals surface area contributed by atoms with Crippen LogP contribution in [0, 0.1) is 11.3 Å². The van der Waals surface area contributed by atoms with Crippen LogP contribution in [0.4, 0.5) is 21.9 Å². The van der Waals surface area contributed by atoms with Gasteiger partial charge in [-0.1, -0.05) is 13.2 Å². The predicted molar refractivity (Wildman–Crippen MR) is 186 cm³/mol. The van der Waals surface area contributed by atoms with Crippen molar-refractivity contribution in [3.63, 3.8) is 0 Å². The maximum absolute atomic E-state index is 13.0. The van der Waals surface area contributed by atoms with E-state index < -0.39 is 5.91 Å². The van der Waals surface area contributed by atoms with Crippen LogP contribution in [0.2, 0.25) is 0 Å². The fraction of sp³-hybridized carbons (Fsp3) is 0.343. The number of carbonyl (C=O) groups excluding carboxylic acids is 3. The number of amidine groups is 1. The lowest BCUT2D eigenvalue weighted by Gasteiger charge is -2.37. The summed E-state index contributed by atoms with van der Waals surface area (Å²) in [6.07, 6.45) is 4.69. The lowest BCUT2D eigenvalue weighted by atomic mass is 10.0. The van der Waals surface area contributed by atoms with Gasteiger partial charge in [0.05, 0.1) is 23.0 Å². The number of likely N-dealkylation sites (tertiary alicyclic amines) is 1. The standard InChI is InChI=1S/C35H43N9O3/c1-6-33(45)41-32-21-28(34(46)39-30-13-15-42(5)16-14-30)9-12-31(32)38-26(4)37-23-24(2)25(3)43-17-19-44(20-18-43)35(47)40-29-10-7-27(22-36)8-11-29/h6-12,21,23,30H,1,3,13-20H2,2,4-5H3,(H,37,38)(H,39,46)(H,40,47)(H,41,45)/b24-23-. The van der Waals surface area contributed by atoms with Gasteiger partial charge in [0.1, 0.15) is 5.84 Å². The van der Waals surface area contributed by atoms with E-state index in [9.17, 15) is 14.4 Å². The zero-order valence-corrected chi connectivity index (χ0v) is 27.3. The molecule has 4 rings (SSSR count). The maximum atomic E-state index is 13.0.